The number of nitrogens with zero attached hydrogens (tertiary/aromatic N) is 2. The number of nitrogens with one attached hydrogen (secondary N) is 1. The molecule has 0 atom stereocenters. The van der Waals surface area contributed by atoms with Gasteiger partial charge in [-0.05, 0) is 83.2 Å². The molecule has 0 spiro atoms. The zero-order chi connectivity index (χ0) is 24.2. The second-order valence-electron chi connectivity index (χ2n) is 8.58. The summed E-state index contributed by atoms with van der Waals surface area (Å²) in [5.41, 5.74) is 5.01. The van der Waals surface area contributed by atoms with Crippen LogP contribution in [0.3, 0.4) is 0 Å². The largest absolute Gasteiger partial charge is 0.486 e. The summed E-state index contributed by atoms with van der Waals surface area (Å²) in [7, 11) is 0. The third-order valence-corrected chi connectivity index (χ3v) is 6.77. The molecule has 6 nitrogen and oxygen atoms in total. The van der Waals surface area contributed by atoms with Gasteiger partial charge in [0.2, 0.25) is 0 Å². The van der Waals surface area contributed by atoms with Crippen LogP contribution in [0.5, 0.6) is 5.75 Å². The minimum Gasteiger partial charge on any atom is -0.486 e. The van der Waals surface area contributed by atoms with Gasteiger partial charge < -0.3 is 14.5 Å². The molecule has 0 radical (unpaired) electrons. The van der Waals surface area contributed by atoms with Gasteiger partial charge in [0.15, 0.2) is 5.76 Å². The third kappa shape index (κ3) is 5.59. The molecule has 2 heterocycles. The van der Waals surface area contributed by atoms with Gasteiger partial charge in [-0.25, -0.2) is 0 Å². The second kappa shape index (κ2) is 10.3. The van der Waals surface area contributed by atoms with Gasteiger partial charge in [0.25, 0.3) is 5.91 Å². The highest BCUT2D eigenvalue weighted by Crippen LogP contribution is 2.22. The molecule has 34 heavy (non-hydrogen) atoms. The predicted molar refractivity (Wildman–Crippen MR) is 136 cm³/mol. The molecular formula is C27H28BrN3O3. The average molecular weight is 522 g/mol. The zero-order valence-corrected chi connectivity index (χ0v) is 21.3. The van der Waals surface area contributed by atoms with E-state index in [2.05, 4.69) is 52.3 Å². The van der Waals surface area contributed by atoms with Gasteiger partial charge in [-0.2, -0.15) is 5.10 Å². The molecule has 0 bridgehead atoms. The molecule has 1 N–H and O–H groups in total. The lowest BCUT2D eigenvalue weighted by atomic mass is 10.0. The lowest BCUT2D eigenvalue weighted by Gasteiger charge is -2.08. The van der Waals surface area contributed by atoms with Crippen molar-refractivity contribution in [1.82, 2.24) is 9.78 Å². The summed E-state index contributed by atoms with van der Waals surface area (Å²) in [5.74, 6) is 1.75. The minimum absolute atomic E-state index is 0.238. The van der Waals surface area contributed by atoms with E-state index in [0.717, 1.165) is 27.2 Å². The molecule has 2 aromatic heterocycles. The number of rotatable bonds is 8. The molecule has 4 rings (SSSR count). The van der Waals surface area contributed by atoms with Gasteiger partial charge in [0.1, 0.15) is 18.1 Å². The van der Waals surface area contributed by atoms with Crippen molar-refractivity contribution in [2.45, 2.75) is 46.8 Å². The van der Waals surface area contributed by atoms with E-state index in [9.17, 15) is 4.79 Å². The zero-order valence-electron chi connectivity index (χ0n) is 19.8. The number of carbonyl (C=O) groups is 1. The van der Waals surface area contributed by atoms with Crippen LogP contribution in [0, 0.1) is 13.8 Å². The molecule has 0 aliphatic heterocycles. The molecule has 176 valence electrons. The van der Waals surface area contributed by atoms with Crippen LogP contribution in [0.15, 0.2) is 69.6 Å². The molecule has 0 fully saturated rings. The Hall–Kier alpha value is -3.32. The number of anilines is 1. The highest BCUT2D eigenvalue weighted by molar-refractivity contribution is 9.10. The van der Waals surface area contributed by atoms with E-state index in [1.54, 1.807) is 12.1 Å². The van der Waals surface area contributed by atoms with Crippen molar-refractivity contribution >= 4 is 27.5 Å². The summed E-state index contributed by atoms with van der Waals surface area (Å²) in [6, 6.07) is 19.1. The van der Waals surface area contributed by atoms with Crippen LogP contribution in [0.1, 0.15) is 58.6 Å². The van der Waals surface area contributed by atoms with Crippen LogP contribution in [0.4, 0.5) is 5.69 Å². The summed E-state index contributed by atoms with van der Waals surface area (Å²) in [5, 5.41) is 7.46. The fourth-order valence-electron chi connectivity index (χ4n) is 3.62. The SMILES string of the molecule is Cc1nn(Cc2cccc(NC(=O)c3ccc(COc4ccc(C(C)C)cc4)o3)c2)c(C)c1Br. The van der Waals surface area contributed by atoms with Gasteiger partial charge in [0.05, 0.1) is 22.4 Å². The molecule has 0 saturated heterocycles. The van der Waals surface area contributed by atoms with Gasteiger partial charge in [-0.3, -0.25) is 9.48 Å². The number of hydrogen-bond acceptors (Lipinski definition) is 4. The van der Waals surface area contributed by atoms with Crippen LogP contribution < -0.4 is 10.1 Å². The number of halogens is 1. The summed E-state index contributed by atoms with van der Waals surface area (Å²) < 4.78 is 14.5. The van der Waals surface area contributed by atoms with Crippen molar-refractivity contribution in [2.24, 2.45) is 0 Å². The van der Waals surface area contributed by atoms with Crippen LogP contribution >= 0.6 is 15.9 Å². The van der Waals surface area contributed by atoms with Crippen molar-refractivity contribution in [1.29, 1.82) is 0 Å². The summed E-state index contributed by atoms with van der Waals surface area (Å²) in [6.07, 6.45) is 0. The normalized spacial score (nSPS) is 11.1. The minimum atomic E-state index is -0.307. The van der Waals surface area contributed by atoms with Gasteiger partial charge in [0, 0.05) is 5.69 Å². The Morgan fingerprint density at radius 1 is 1.12 bits per heavy atom. The molecule has 0 aliphatic rings. The van der Waals surface area contributed by atoms with E-state index >= 15 is 0 Å². The van der Waals surface area contributed by atoms with E-state index < -0.39 is 0 Å². The van der Waals surface area contributed by atoms with E-state index in [4.69, 9.17) is 9.15 Å². The molecule has 1 amide bonds. The smallest absolute Gasteiger partial charge is 0.291 e. The van der Waals surface area contributed by atoms with Crippen molar-refractivity contribution in [3.63, 3.8) is 0 Å². The maximum atomic E-state index is 12.7. The van der Waals surface area contributed by atoms with Gasteiger partial charge >= 0.3 is 0 Å². The van der Waals surface area contributed by atoms with E-state index in [-0.39, 0.29) is 18.3 Å². The van der Waals surface area contributed by atoms with Gasteiger partial charge in [-0.1, -0.05) is 38.1 Å². The molecule has 0 saturated carbocycles. The number of amides is 1. The fourth-order valence-corrected chi connectivity index (χ4v) is 3.91. The van der Waals surface area contributed by atoms with E-state index in [0.29, 0.717) is 23.9 Å². The van der Waals surface area contributed by atoms with E-state index in [1.165, 1.54) is 5.56 Å². The highest BCUT2D eigenvalue weighted by Gasteiger charge is 2.13. The van der Waals surface area contributed by atoms with Crippen LogP contribution in [0.2, 0.25) is 0 Å². The monoisotopic (exact) mass is 521 g/mol. The predicted octanol–water partition coefficient (Wildman–Crippen LogP) is 6.86. The third-order valence-electron chi connectivity index (χ3n) is 5.62. The fraction of sp³-hybridized carbons (Fsp3) is 0.259. The maximum absolute atomic E-state index is 12.7. The van der Waals surface area contributed by atoms with Crippen molar-refractivity contribution in [2.75, 3.05) is 5.32 Å². The van der Waals surface area contributed by atoms with Crippen molar-refractivity contribution in [3.05, 3.63) is 99.2 Å². The number of aryl methyl sites for hydroxylation is 1. The molecule has 0 aliphatic carbocycles. The first-order valence-electron chi connectivity index (χ1n) is 11.2. The molecular weight excluding hydrogens is 494 g/mol. The molecule has 4 aromatic rings. The Balaban J connectivity index is 1.36. The highest BCUT2D eigenvalue weighted by atomic mass is 79.9. The lowest BCUT2D eigenvalue weighted by molar-refractivity contribution is 0.0992. The Labute approximate surface area is 208 Å². The summed E-state index contributed by atoms with van der Waals surface area (Å²) in [4.78, 5) is 12.7. The number of carbonyl (C=O) groups excluding carboxylic acids is 1. The molecule has 7 heteroatoms. The summed E-state index contributed by atoms with van der Waals surface area (Å²) >= 11 is 3.56. The Morgan fingerprint density at radius 2 is 1.88 bits per heavy atom. The molecule has 2 aromatic carbocycles. The van der Waals surface area contributed by atoms with Gasteiger partial charge in [-0.15, -0.1) is 0 Å². The first kappa shape index (κ1) is 23.8. The first-order chi connectivity index (χ1) is 16.3. The second-order valence-corrected chi connectivity index (χ2v) is 9.37. The Kier molecular flexibility index (Phi) is 7.22. The maximum Gasteiger partial charge on any atom is 0.291 e. The van der Waals surface area contributed by atoms with Crippen molar-refractivity contribution in [3.8, 4) is 5.75 Å². The number of aromatic nitrogens is 2. The van der Waals surface area contributed by atoms with Crippen LogP contribution in [0.25, 0.3) is 0 Å². The first-order valence-corrected chi connectivity index (χ1v) is 12.0. The van der Waals surface area contributed by atoms with Crippen LogP contribution in [-0.2, 0) is 13.2 Å². The number of furan rings is 1. The topological polar surface area (TPSA) is 69.3 Å². The molecule has 0 unspecified atom stereocenters. The summed E-state index contributed by atoms with van der Waals surface area (Å²) in [6.45, 7) is 9.16. The van der Waals surface area contributed by atoms with Crippen molar-refractivity contribution < 1.29 is 13.9 Å². The quantitative estimate of drug-likeness (QED) is 0.275. The van der Waals surface area contributed by atoms with Crippen LogP contribution in [-0.4, -0.2) is 15.7 Å². The Bertz CT molecular complexity index is 1290. The number of ether oxygens (including phenoxy) is 1. The Morgan fingerprint density at radius 3 is 2.56 bits per heavy atom. The standard InChI is InChI=1S/C27H28BrN3O3/c1-17(2)21-8-10-23(11-9-21)33-16-24-12-13-25(34-24)27(32)29-22-7-5-6-20(14-22)15-31-19(4)26(28)18(3)30-31/h5-14,17H,15-16H2,1-4H3,(H,29,32). The lowest BCUT2D eigenvalue weighted by Crippen LogP contribution is -2.11. The average Bonchev–Trinajstić information content (AvgIpc) is 3.39. The van der Waals surface area contributed by atoms with E-state index in [1.807, 2.05) is 54.9 Å². The number of benzene rings is 2. The number of hydrogen-bond donors (Lipinski definition) is 1.